The lowest BCUT2D eigenvalue weighted by molar-refractivity contribution is -0.139. The Morgan fingerprint density at radius 2 is 2.18 bits per heavy atom. The van der Waals surface area contributed by atoms with Crippen LogP contribution in [0.2, 0.25) is 0 Å². The molecule has 0 bridgehead atoms. The summed E-state index contributed by atoms with van der Waals surface area (Å²) in [6, 6.07) is 7.54. The van der Waals surface area contributed by atoms with Gasteiger partial charge in [0.05, 0.1) is 12.2 Å². The van der Waals surface area contributed by atoms with Crippen molar-refractivity contribution in [3.05, 3.63) is 58.7 Å². The highest BCUT2D eigenvalue weighted by Crippen LogP contribution is 2.46. The smallest absolute Gasteiger partial charge is 0.334 e. The van der Waals surface area contributed by atoms with Gasteiger partial charge in [0.2, 0.25) is 0 Å². The Morgan fingerprint density at radius 3 is 2.82 bits per heavy atom. The van der Waals surface area contributed by atoms with E-state index >= 15 is 0 Å². The number of hydrogen-bond acceptors (Lipinski definition) is 4. The molecule has 0 aromatic carbocycles. The Hall–Kier alpha value is -1.81. The number of furan rings is 1. The monoisotopic (exact) mass is 246 g/mol. The van der Waals surface area contributed by atoms with Gasteiger partial charge in [0.15, 0.2) is 6.10 Å². The number of thiophene rings is 1. The Morgan fingerprint density at radius 1 is 1.29 bits per heavy atom. The minimum atomic E-state index is -0.343. The molecule has 4 heteroatoms. The fourth-order valence-electron chi connectivity index (χ4n) is 2.03. The molecule has 17 heavy (non-hydrogen) atoms. The average Bonchev–Trinajstić information content (AvgIpc) is 3.01. The summed E-state index contributed by atoms with van der Waals surface area (Å²) in [5.74, 6) is 0.167. The topological polar surface area (TPSA) is 39.4 Å². The summed E-state index contributed by atoms with van der Waals surface area (Å²) in [7, 11) is 0. The normalized spacial score (nSPS) is 24.0. The lowest BCUT2D eigenvalue weighted by Crippen LogP contribution is -2.04. The summed E-state index contributed by atoms with van der Waals surface area (Å²) in [5.41, 5.74) is 0.457. The molecule has 0 unspecified atom stereocenters. The van der Waals surface area contributed by atoms with Crippen LogP contribution in [0.25, 0.3) is 0 Å². The number of ether oxygens (including phenoxy) is 1. The molecule has 0 N–H and O–H groups in total. The molecule has 1 aliphatic rings. The van der Waals surface area contributed by atoms with Gasteiger partial charge in [-0.15, -0.1) is 11.3 Å². The SMILES string of the molecule is C=C1C(=O)O[C@H](c2cccs2)[C@@H]1c1ccco1. The first-order valence-corrected chi connectivity index (χ1v) is 6.12. The second-order valence-electron chi connectivity index (χ2n) is 3.86. The maximum atomic E-state index is 11.6. The van der Waals surface area contributed by atoms with Gasteiger partial charge < -0.3 is 9.15 Å². The largest absolute Gasteiger partial charge is 0.469 e. The molecule has 1 aliphatic heterocycles. The standard InChI is InChI=1S/C13H10O3S/c1-8-11(9-4-2-6-15-9)12(16-13(8)14)10-5-3-7-17-10/h2-7,11-12H,1H2/t11-,12+/m0/s1. The highest BCUT2D eigenvalue weighted by molar-refractivity contribution is 7.10. The highest BCUT2D eigenvalue weighted by Gasteiger charge is 2.42. The van der Waals surface area contributed by atoms with E-state index in [1.807, 2.05) is 23.6 Å². The predicted octanol–water partition coefficient (Wildman–Crippen LogP) is 3.28. The van der Waals surface area contributed by atoms with Gasteiger partial charge in [0.25, 0.3) is 0 Å². The average molecular weight is 246 g/mol. The Balaban J connectivity index is 2.03. The van der Waals surface area contributed by atoms with Crippen molar-refractivity contribution in [1.29, 1.82) is 0 Å². The van der Waals surface area contributed by atoms with E-state index in [1.54, 1.807) is 23.7 Å². The fourth-order valence-corrected chi connectivity index (χ4v) is 2.82. The number of carbonyl (C=O) groups excluding carboxylic acids is 1. The van der Waals surface area contributed by atoms with Crippen molar-refractivity contribution in [1.82, 2.24) is 0 Å². The first-order valence-electron chi connectivity index (χ1n) is 5.24. The second kappa shape index (κ2) is 3.89. The maximum absolute atomic E-state index is 11.6. The van der Waals surface area contributed by atoms with Crippen LogP contribution in [-0.2, 0) is 9.53 Å². The van der Waals surface area contributed by atoms with Crippen LogP contribution in [0.15, 0.2) is 52.5 Å². The van der Waals surface area contributed by atoms with Crippen LogP contribution in [-0.4, -0.2) is 5.97 Å². The molecule has 0 aliphatic carbocycles. The van der Waals surface area contributed by atoms with Gasteiger partial charge in [-0.3, -0.25) is 0 Å². The van der Waals surface area contributed by atoms with Gasteiger partial charge in [-0.2, -0.15) is 0 Å². The molecule has 0 spiro atoms. The Bertz CT molecular complexity index is 539. The van der Waals surface area contributed by atoms with Crippen LogP contribution in [0.3, 0.4) is 0 Å². The zero-order chi connectivity index (χ0) is 11.8. The van der Waals surface area contributed by atoms with Crippen molar-refractivity contribution in [3.8, 4) is 0 Å². The van der Waals surface area contributed by atoms with Crippen molar-refractivity contribution in [2.45, 2.75) is 12.0 Å². The first kappa shape index (κ1) is 10.4. The van der Waals surface area contributed by atoms with Gasteiger partial charge in [0, 0.05) is 10.5 Å². The van der Waals surface area contributed by atoms with Gasteiger partial charge >= 0.3 is 5.97 Å². The van der Waals surface area contributed by atoms with E-state index < -0.39 is 0 Å². The molecule has 1 fully saturated rings. The van der Waals surface area contributed by atoms with E-state index in [0.717, 1.165) is 10.6 Å². The van der Waals surface area contributed by atoms with Crippen molar-refractivity contribution >= 4 is 17.3 Å². The summed E-state index contributed by atoms with van der Waals surface area (Å²) in [6.45, 7) is 3.80. The summed E-state index contributed by atoms with van der Waals surface area (Å²) >= 11 is 1.57. The van der Waals surface area contributed by atoms with Crippen LogP contribution < -0.4 is 0 Å². The summed E-state index contributed by atoms with van der Waals surface area (Å²) in [4.78, 5) is 12.6. The third kappa shape index (κ3) is 1.61. The van der Waals surface area contributed by atoms with Gasteiger partial charge in [-0.05, 0) is 23.6 Å². The van der Waals surface area contributed by atoms with Crippen molar-refractivity contribution in [2.75, 3.05) is 0 Å². The van der Waals surface area contributed by atoms with Crippen LogP contribution >= 0.6 is 11.3 Å². The predicted molar refractivity (Wildman–Crippen MR) is 63.7 cm³/mol. The summed E-state index contributed by atoms with van der Waals surface area (Å²) < 4.78 is 10.7. The van der Waals surface area contributed by atoms with Crippen molar-refractivity contribution in [2.24, 2.45) is 0 Å². The van der Waals surface area contributed by atoms with E-state index in [0.29, 0.717) is 5.57 Å². The number of cyclic esters (lactones) is 1. The highest BCUT2D eigenvalue weighted by atomic mass is 32.1. The number of rotatable bonds is 2. The molecule has 2 atom stereocenters. The molecule has 0 amide bonds. The third-order valence-corrected chi connectivity index (χ3v) is 3.78. The van der Waals surface area contributed by atoms with E-state index in [-0.39, 0.29) is 18.0 Å². The Kier molecular flexibility index (Phi) is 2.37. The van der Waals surface area contributed by atoms with Crippen LogP contribution in [0.1, 0.15) is 22.7 Å². The van der Waals surface area contributed by atoms with Crippen LogP contribution in [0, 0.1) is 0 Å². The number of carbonyl (C=O) groups is 1. The minimum Gasteiger partial charge on any atom is -0.469 e. The molecular formula is C13H10O3S. The van der Waals surface area contributed by atoms with E-state index in [1.165, 1.54) is 0 Å². The van der Waals surface area contributed by atoms with Crippen molar-refractivity contribution < 1.29 is 13.9 Å². The lowest BCUT2D eigenvalue weighted by atomic mass is 9.94. The number of esters is 1. The second-order valence-corrected chi connectivity index (χ2v) is 4.84. The third-order valence-electron chi connectivity index (χ3n) is 2.85. The van der Waals surface area contributed by atoms with Crippen LogP contribution in [0.5, 0.6) is 0 Å². The Labute approximate surface area is 102 Å². The van der Waals surface area contributed by atoms with Gasteiger partial charge in [-0.1, -0.05) is 12.6 Å². The lowest BCUT2D eigenvalue weighted by Gasteiger charge is -2.13. The molecule has 3 heterocycles. The summed E-state index contributed by atoms with van der Waals surface area (Å²) in [6.07, 6.45) is 1.29. The molecule has 3 nitrogen and oxygen atoms in total. The maximum Gasteiger partial charge on any atom is 0.334 e. The van der Waals surface area contributed by atoms with E-state index in [2.05, 4.69) is 6.58 Å². The van der Waals surface area contributed by atoms with Gasteiger partial charge in [-0.25, -0.2) is 4.79 Å². The van der Waals surface area contributed by atoms with E-state index in [9.17, 15) is 4.79 Å². The molecule has 0 saturated carbocycles. The molecule has 86 valence electrons. The minimum absolute atomic E-state index is 0.212. The quantitative estimate of drug-likeness (QED) is 0.603. The first-order chi connectivity index (χ1) is 8.27. The fraction of sp³-hybridized carbons (Fsp3) is 0.154. The molecule has 1 saturated heterocycles. The molecule has 3 rings (SSSR count). The molecular weight excluding hydrogens is 236 g/mol. The summed E-state index contributed by atoms with van der Waals surface area (Å²) in [5, 5.41) is 1.96. The van der Waals surface area contributed by atoms with Crippen molar-refractivity contribution in [3.63, 3.8) is 0 Å². The molecule has 2 aromatic rings. The number of hydrogen-bond donors (Lipinski definition) is 0. The zero-order valence-corrected chi connectivity index (χ0v) is 9.78. The van der Waals surface area contributed by atoms with Gasteiger partial charge in [0.1, 0.15) is 5.76 Å². The van der Waals surface area contributed by atoms with Crippen LogP contribution in [0.4, 0.5) is 0 Å². The zero-order valence-electron chi connectivity index (χ0n) is 8.96. The van der Waals surface area contributed by atoms with E-state index in [4.69, 9.17) is 9.15 Å². The molecule has 0 radical (unpaired) electrons. The molecule has 2 aromatic heterocycles.